The lowest BCUT2D eigenvalue weighted by molar-refractivity contribution is 0.346. The number of hydrogen-bond acceptors (Lipinski definition) is 1. The van der Waals surface area contributed by atoms with Gasteiger partial charge in [0, 0.05) is 0 Å². The molecule has 0 aromatic carbocycles. The fourth-order valence-electron chi connectivity index (χ4n) is 1.09. The highest BCUT2D eigenvalue weighted by Gasteiger charge is 1.89. The van der Waals surface area contributed by atoms with Crippen molar-refractivity contribution in [1.29, 1.82) is 0 Å². The summed E-state index contributed by atoms with van der Waals surface area (Å²) in [5.74, 6) is 0. The van der Waals surface area contributed by atoms with Gasteiger partial charge in [0.25, 0.3) is 0 Å². The van der Waals surface area contributed by atoms with Crippen LogP contribution in [-0.2, 0) is 0 Å². The van der Waals surface area contributed by atoms with Gasteiger partial charge >= 0.3 is 0 Å². The monoisotopic (exact) mass is 201 g/mol. The number of nitrogens with zero attached hydrogens (tertiary/aromatic N) is 1. The molecule has 0 bridgehead atoms. The van der Waals surface area contributed by atoms with Crippen LogP contribution in [0.5, 0.6) is 0 Å². The minimum atomic E-state index is 1.18. The van der Waals surface area contributed by atoms with E-state index >= 15 is 0 Å². The van der Waals surface area contributed by atoms with E-state index in [0.717, 1.165) is 0 Å². The molecule has 0 N–H and O–H groups in total. The molecular formula is C13H31N. The van der Waals surface area contributed by atoms with Crippen molar-refractivity contribution in [1.82, 2.24) is 4.90 Å². The van der Waals surface area contributed by atoms with E-state index in [4.69, 9.17) is 0 Å². The lowest BCUT2D eigenvalue weighted by atomic mass is 10.2. The van der Waals surface area contributed by atoms with E-state index in [0.29, 0.717) is 0 Å². The van der Waals surface area contributed by atoms with Gasteiger partial charge in [0.2, 0.25) is 0 Å². The summed E-state index contributed by atoms with van der Waals surface area (Å²) in [6.07, 6.45) is 8.18. The molecule has 0 fully saturated rings. The predicted molar refractivity (Wildman–Crippen MR) is 67.9 cm³/mol. The second kappa shape index (κ2) is 15.4. The Labute approximate surface area is 91.9 Å². The largest absolute Gasteiger partial charge is 0.307 e. The third-order valence-electron chi connectivity index (χ3n) is 2.39. The normalized spacial score (nSPS) is 9.86. The smallest absolute Gasteiger partial charge is 0.00220 e. The second-order valence-corrected chi connectivity index (χ2v) is 3.96. The third-order valence-corrected chi connectivity index (χ3v) is 2.39. The van der Waals surface area contributed by atoms with Crippen molar-refractivity contribution >= 4 is 0 Å². The van der Waals surface area contributed by atoms with Crippen LogP contribution in [0, 0.1) is 0 Å². The SMILES string of the molecule is CCCCCC.CCCCN(C)CC. The summed E-state index contributed by atoms with van der Waals surface area (Å²) in [5, 5.41) is 0. The van der Waals surface area contributed by atoms with Crippen molar-refractivity contribution in [3.05, 3.63) is 0 Å². The zero-order valence-corrected chi connectivity index (χ0v) is 11.1. The van der Waals surface area contributed by atoms with Crippen LogP contribution in [0.25, 0.3) is 0 Å². The zero-order chi connectivity index (χ0) is 11.2. The first-order valence-corrected chi connectivity index (χ1v) is 6.41. The van der Waals surface area contributed by atoms with E-state index in [1.54, 1.807) is 0 Å². The van der Waals surface area contributed by atoms with E-state index in [1.165, 1.54) is 51.6 Å². The van der Waals surface area contributed by atoms with Gasteiger partial charge in [-0.15, -0.1) is 0 Å². The molecule has 0 aromatic heterocycles. The van der Waals surface area contributed by atoms with Gasteiger partial charge in [-0.2, -0.15) is 0 Å². The minimum Gasteiger partial charge on any atom is -0.307 e. The quantitative estimate of drug-likeness (QED) is 0.554. The highest BCUT2D eigenvalue weighted by Crippen LogP contribution is 1.95. The van der Waals surface area contributed by atoms with Gasteiger partial charge in [-0.1, -0.05) is 59.8 Å². The van der Waals surface area contributed by atoms with Gasteiger partial charge in [-0.25, -0.2) is 0 Å². The van der Waals surface area contributed by atoms with Crippen LogP contribution < -0.4 is 0 Å². The molecule has 0 spiro atoms. The van der Waals surface area contributed by atoms with E-state index in [-0.39, 0.29) is 0 Å². The first-order chi connectivity index (χ1) is 6.72. The van der Waals surface area contributed by atoms with E-state index in [1.807, 2.05) is 0 Å². The molecule has 0 aliphatic rings. The van der Waals surface area contributed by atoms with Gasteiger partial charge in [-0.3, -0.25) is 0 Å². The van der Waals surface area contributed by atoms with Crippen LogP contribution >= 0.6 is 0 Å². The molecule has 88 valence electrons. The van der Waals surface area contributed by atoms with Crippen molar-refractivity contribution < 1.29 is 0 Å². The average Bonchev–Trinajstić information content (AvgIpc) is 2.23. The zero-order valence-electron chi connectivity index (χ0n) is 11.1. The molecule has 0 rings (SSSR count). The summed E-state index contributed by atoms with van der Waals surface area (Å²) in [4.78, 5) is 2.34. The van der Waals surface area contributed by atoms with Crippen molar-refractivity contribution in [3.8, 4) is 0 Å². The number of rotatable bonds is 7. The van der Waals surface area contributed by atoms with Crippen molar-refractivity contribution in [2.45, 2.75) is 66.2 Å². The molecule has 0 aromatic rings. The van der Waals surface area contributed by atoms with E-state index < -0.39 is 0 Å². The minimum absolute atomic E-state index is 1.18. The fourth-order valence-corrected chi connectivity index (χ4v) is 1.09. The van der Waals surface area contributed by atoms with E-state index in [2.05, 4.69) is 39.6 Å². The van der Waals surface area contributed by atoms with Gasteiger partial charge in [0.05, 0.1) is 0 Å². The molecular weight excluding hydrogens is 170 g/mol. The first-order valence-electron chi connectivity index (χ1n) is 6.41. The van der Waals surface area contributed by atoms with Crippen LogP contribution in [0.15, 0.2) is 0 Å². The standard InChI is InChI=1S/C7H17N.C6H14/c1-4-6-7-8(3)5-2;1-3-5-6-4-2/h4-7H2,1-3H3;3-6H2,1-2H3. The van der Waals surface area contributed by atoms with Crippen LogP contribution in [0.4, 0.5) is 0 Å². The van der Waals surface area contributed by atoms with Crippen molar-refractivity contribution in [3.63, 3.8) is 0 Å². The summed E-state index contributed by atoms with van der Waals surface area (Å²) in [7, 11) is 2.16. The molecule has 0 aliphatic heterocycles. The molecule has 1 heteroatoms. The maximum Gasteiger partial charge on any atom is -0.00220 e. The molecule has 1 nitrogen and oxygen atoms in total. The van der Waals surface area contributed by atoms with Gasteiger partial charge in [0.15, 0.2) is 0 Å². The van der Waals surface area contributed by atoms with Crippen LogP contribution in [0.1, 0.15) is 66.2 Å². The lowest BCUT2D eigenvalue weighted by Crippen LogP contribution is -2.18. The highest BCUT2D eigenvalue weighted by molar-refractivity contribution is 4.44. The molecule has 0 aliphatic carbocycles. The molecule has 0 amide bonds. The molecule has 0 unspecified atom stereocenters. The molecule has 0 saturated carbocycles. The molecule has 0 heterocycles. The van der Waals surface area contributed by atoms with Crippen molar-refractivity contribution in [2.75, 3.05) is 20.1 Å². The topological polar surface area (TPSA) is 3.24 Å². The molecule has 14 heavy (non-hydrogen) atoms. The lowest BCUT2D eigenvalue weighted by Gasteiger charge is -2.11. The maximum absolute atomic E-state index is 2.34. The Morgan fingerprint density at radius 1 is 0.714 bits per heavy atom. The molecule has 0 saturated heterocycles. The highest BCUT2D eigenvalue weighted by atomic mass is 15.1. The van der Waals surface area contributed by atoms with Crippen LogP contribution in [0.2, 0.25) is 0 Å². The Morgan fingerprint density at radius 3 is 1.43 bits per heavy atom. The summed E-state index contributed by atoms with van der Waals surface area (Å²) in [5.41, 5.74) is 0. The second-order valence-electron chi connectivity index (χ2n) is 3.96. The fraction of sp³-hybridized carbons (Fsp3) is 1.00. The molecule has 0 radical (unpaired) electrons. The summed E-state index contributed by atoms with van der Waals surface area (Å²) >= 11 is 0. The Morgan fingerprint density at radius 2 is 1.14 bits per heavy atom. The van der Waals surface area contributed by atoms with Gasteiger partial charge in [0.1, 0.15) is 0 Å². The average molecular weight is 201 g/mol. The summed E-state index contributed by atoms with van der Waals surface area (Å²) < 4.78 is 0. The van der Waals surface area contributed by atoms with Crippen LogP contribution in [0.3, 0.4) is 0 Å². The maximum atomic E-state index is 2.34. The number of unbranched alkanes of at least 4 members (excludes halogenated alkanes) is 4. The Hall–Kier alpha value is -0.0400. The Balaban J connectivity index is 0. The van der Waals surface area contributed by atoms with Crippen molar-refractivity contribution in [2.24, 2.45) is 0 Å². The summed E-state index contributed by atoms with van der Waals surface area (Å²) in [6.45, 7) is 11.3. The van der Waals surface area contributed by atoms with Crippen LogP contribution in [-0.4, -0.2) is 25.0 Å². The summed E-state index contributed by atoms with van der Waals surface area (Å²) in [6, 6.07) is 0. The van der Waals surface area contributed by atoms with E-state index in [9.17, 15) is 0 Å². The van der Waals surface area contributed by atoms with Gasteiger partial charge < -0.3 is 4.90 Å². The van der Waals surface area contributed by atoms with Gasteiger partial charge in [-0.05, 0) is 26.6 Å². The predicted octanol–water partition coefficient (Wildman–Crippen LogP) is 4.32. The Kier molecular flexibility index (Phi) is 18.1. The first kappa shape index (κ1) is 16.4. The Bertz CT molecular complexity index is 77.3. The number of hydrogen-bond donors (Lipinski definition) is 0. The molecule has 0 atom stereocenters. The third kappa shape index (κ3) is 17.9.